The van der Waals surface area contributed by atoms with Crippen LogP contribution in [-0.2, 0) is 10.2 Å². The Morgan fingerprint density at radius 1 is 0.900 bits per heavy atom. The maximum atomic E-state index is 12.3. The van der Waals surface area contributed by atoms with Gasteiger partial charge in [0.05, 0.1) is 0 Å². The molecule has 3 aromatic rings. The van der Waals surface area contributed by atoms with E-state index < -0.39 is 0 Å². The number of nitrogens with one attached hydrogen (secondary N) is 1. The van der Waals surface area contributed by atoms with E-state index in [2.05, 4.69) is 43.4 Å². The summed E-state index contributed by atoms with van der Waals surface area (Å²) >= 11 is 0. The van der Waals surface area contributed by atoms with Crippen molar-refractivity contribution >= 4 is 11.6 Å². The molecule has 0 saturated heterocycles. The van der Waals surface area contributed by atoms with E-state index in [1.165, 1.54) is 11.1 Å². The highest BCUT2D eigenvalue weighted by Crippen LogP contribution is 2.33. The summed E-state index contributed by atoms with van der Waals surface area (Å²) in [6.07, 6.45) is 0. The molecule has 30 heavy (non-hydrogen) atoms. The number of carbonyl (C=O) groups excluding carboxylic acids is 1. The summed E-state index contributed by atoms with van der Waals surface area (Å²) in [4.78, 5) is 12.3. The minimum Gasteiger partial charge on any atom is -0.486 e. The molecule has 0 fully saturated rings. The van der Waals surface area contributed by atoms with Gasteiger partial charge >= 0.3 is 0 Å². The van der Waals surface area contributed by atoms with Crippen molar-refractivity contribution in [2.75, 3.05) is 25.1 Å². The van der Waals surface area contributed by atoms with Crippen LogP contribution in [0.15, 0.2) is 72.8 Å². The zero-order valence-corrected chi connectivity index (χ0v) is 17.2. The number of hydrogen-bond acceptors (Lipinski definition) is 4. The normalized spacial score (nSPS) is 12.9. The zero-order valence-electron chi connectivity index (χ0n) is 17.2. The smallest absolute Gasteiger partial charge is 0.262 e. The van der Waals surface area contributed by atoms with Crippen molar-refractivity contribution in [1.29, 1.82) is 0 Å². The van der Waals surface area contributed by atoms with Crippen LogP contribution in [0.25, 0.3) is 0 Å². The topological polar surface area (TPSA) is 56.8 Å². The summed E-state index contributed by atoms with van der Waals surface area (Å²) in [5.74, 6) is 1.74. The SMILES string of the molecule is CC(C)(c1ccccc1)c1ccc(OCC(=O)Nc2ccc3c(c2)OCCO3)cc1. The van der Waals surface area contributed by atoms with Gasteiger partial charge in [-0.15, -0.1) is 0 Å². The van der Waals surface area contributed by atoms with Gasteiger partial charge in [-0.05, 0) is 35.4 Å². The first kappa shape index (κ1) is 19.8. The minimum atomic E-state index is -0.236. The molecule has 0 saturated carbocycles. The van der Waals surface area contributed by atoms with Gasteiger partial charge in [-0.1, -0.05) is 56.3 Å². The van der Waals surface area contributed by atoms with Crippen molar-refractivity contribution in [2.45, 2.75) is 19.3 Å². The van der Waals surface area contributed by atoms with Crippen molar-refractivity contribution in [3.05, 3.63) is 83.9 Å². The Morgan fingerprint density at radius 3 is 2.30 bits per heavy atom. The Hall–Kier alpha value is -3.47. The van der Waals surface area contributed by atoms with Gasteiger partial charge < -0.3 is 19.5 Å². The zero-order chi connectivity index (χ0) is 21.0. The van der Waals surface area contributed by atoms with E-state index in [0.29, 0.717) is 36.1 Å². The van der Waals surface area contributed by atoms with Gasteiger partial charge in [-0.25, -0.2) is 0 Å². The van der Waals surface area contributed by atoms with Crippen molar-refractivity contribution in [3.8, 4) is 17.2 Å². The van der Waals surface area contributed by atoms with Crippen LogP contribution in [0.1, 0.15) is 25.0 Å². The van der Waals surface area contributed by atoms with Crippen LogP contribution in [0, 0.1) is 0 Å². The molecule has 1 amide bonds. The molecule has 4 rings (SSSR count). The second-order valence-corrected chi connectivity index (χ2v) is 7.71. The molecule has 0 unspecified atom stereocenters. The standard InChI is InChI=1S/C25H25NO4/c1-25(2,18-6-4-3-5-7-18)19-8-11-21(12-9-19)30-17-24(27)26-20-10-13-22-23(16-20)29-15-14-28-22/h3-13,16H,14-15,17H2,1-2H3,(H,26,27). The van der Waals surface area contributed by atoms with Crippen molar-refractivity contribution in [1.82, 2.24) is 0 Å². The minimum absolute atomic E-state index is 0.0735. The molecular formula is C25H25NO4. The van der Waals surface area contributed by atoms with Gasteiger partial charge in [0.1, 0.15) is 19.0 Å². The van der Waals surface area contributed by atoms with E-state index in [0.717, 1.165) is 0 Å². The molecule has 0 spiro atoms. The number of ether oxygens (including phenoxy) is 3. The fourth-order valence-corrected chi connectivity index (χ4v) is 3.46. The lowest BCUT2D eigenvalue weighted by molar-refractivity contribution is -0.118. The summed E-state index contributed by atoms with van der Waals surface area (Å²) in [6, 6.07) is 23.6. The molecule has 1 heterocycles. The van der Waals surface area contributed by atoms with Crippen LogP contribution < -0.4 is 19.5 Å². The third-order valence-corrected chi connectivity index (χ3v) is 5.27. The van der Waals surface area contributed by atoms with E-state index in [1.807, 2.05) is 30.3 Å². The van der Waals surface area contributed by atoms with Crippen molar-refractivity contribution in [3.63, 3.8) is 0 Å². The molecule has 0 aromatic heterocycles. The first-order chi connectivity index (χ1) is 14.5. The summed E-state index contributed by atoms with van der Waals surface area (Å²) in [6.45, 7) is 5.35. The lowest BCUT2D eigenvalue weighted by Crippen LogP contribution is -2.21. The van der Waals surface area contributed by atoms with Gasteiger partial charge in [-0.3, -0.25) is 4.79 Å². The highest BCUT2D eigenvalue weighted by molar-refractivity contribution is 5.92. The Bertz CT molecular complexity index is 1010. The van der Waals surface area contributed by atoms with Gasteiger partial charge in [0.25, 0.3) is 5.91 Å². The fourth-order valence-electron chi connectivity index (χ4n) is 3.46. The first-order valence-corrected chi connectivity index (χ1v) is 10.0. The van der Waals surface area contributed by atoms with Crippen LogP contribution in [-0.4, -0.2) is 25.7 Å². The average molecular weight is 403 g/mol. The third-order valence-electron chi connectivity index (χ3n) is 5.27. The number of anilines is 1. The number of fused-ring (bicyclic) bond motifs is 1. The summed E-state index contributed by atoms with van der Waals surface area (Å²) in [5.41, 5.74) is 2.96. The highest BCUT2D eigenvalue weighted by Gasteiger charge is 2.22. The molecule has 1 aliphatic heterocycles. The number of carbonyl (C=O) groups is 1. The molecular weight excluding hydrogens is 378 g/mol. The maximum Gasteiger partial charge on any atom is 0.262 e. The summed E-state index contributed by atoms with van der Waals surface area (Å²) < 4.78 is 16.7. The average Bonchev–Trinajstić information content (AvgIpc) is 2.78. The molecule has 1 N–H and O–H groups in total. The number of hydrogen-bond donors (Lipinski definition) is 1. The third kappa shape index (κ3) is 4.40. The highest BCUT2D eigenvalue weighted by atomic mass is 16.6. The maximum absolute atomic E-state index is 12.3. The molecule has 0 radical (unpaired) electrons. The molecule has 154 valence electrons. The lowest BCUT2D eigenvalue weighted by Gasteiger charge is -2.26. The first-order valence-electron chi connectivity index (χ1n) is 10.0. The molecule has 3 aromatic carbocycles. The second kappa shape index (κ2) is 8.49. The molecule has 1 aliphatic rings. The van der Waals surface area contributed by atoms with Crippen LogP contribution in [0.4, 0.5) is 5.69 Å². The Balaban J connectivity index is 1.34. The van der Waals surface area contributed by atoms with Crippen LogP contribution >= 0.6 is 0 Å². The predicted molar refractivity (Wildman–Crippen MR) is 117 cm³/mol. The quantitative estimate of drug-likeness (QED) is 0.642. The van der Waals surface area contributed by atoms with Gasteiger partial charge in [0.15, 0.2) is 18.1 Å². The molecule has 0 bridgehead atoms. The molecule has 5 heteroatoms. The largest absolute Gasteiger partial charge is 0.486 e. The van der Waals surface area contributed by atoms with Gasteiger partial charge in [0, 0.05) is 17.2 Å². The number of rotatable bonds is 6. The Labute approximate surface area is 176 Å². The number of amides is 1. The summed E-state index contributed by atoms with van der Waals surface area (Å²) in [5, 5.41) is 2.82. The van der Waals surface area contributed by atoms with Gasteiger partial charge in [0.2, 0.25) is 0 Å². The van der Waals surface area contributed by atoms with E-state index in [4.69, 9.17) is 14.2 Å². The molecule has 0 aliphatic carbocycles. The predicted octanol–water partition coefficient (Wildman–Crippen LogP) is 4.80. The Kier molecular flexibility index (Phi) is 5.61. The van der Waals surface area contributed by atoms with Crippen LogP contribution in [0.2, 0.25) is 0 Å². The molecule has 5 nitrogen and oxygen atoms in total. The second-order valence-electron chi connectivity index (χ2n) is 7.71. The number of benzene rings is 3. The van der Waals surface area contributed by atoms with E-state index in [9.17, 15) is 4.79 Å². The fraction of sp³-hybridized carbons (Fsp3) is 0.240. The van der Waals surface area contributed by atoms with Crippen LogP contribution in [0.5, 0.6) is 17.2 Å². The lowest BCUT2D eigenvalue weighted by atomic mass is 9.78. The van der Waals surface area contributed by atoms with E-state index in [1.54, 1.807) is 18.2 Å². The monoisotopic (exact) mass is 403 g/mol. The van der Waals surface area contributed by atoms with E-state index >= 15 is 0 Å². The van der Waals surface area contributed by atoms with Crippen molar-refractivity contribution in [2.24, 2.45) is 0 Å². The van der Waals surface area contributed by atoms with Crippen LogP contribution in [0.3, 0.4) is 0 Å². The molecule has 0 atom stereocenters. The van der Waals surface area contributed by atoms with Gasteiger partial charge in [-0.2, -0.15) is 0 Å². The van der Waals surface area contributed by atoms with E-state index in [-0.39, 0.29) is 17.9 Å². The van der Waals surface area contributed by atoms with Crippen molar-refractivity contribution < 1.29 is 19.0 Å². The summed E-state index contributed by atoms with van der Waals surface area (Å²) in [7, 11) is 0. The Morgan fingerprint density at radius 2 is 1.57 bits per heavy atom.